The van der Waals surface area contributed by atoms with Crippen LogP contribution in [0, 0.1) is 12.8 Å². The highest BCUT2D eigenvalue weighted by atomic mass is 127. The average molecular weight is 505 g/mol. The number of aliphatic imine (C=N–C) groups is 1. The molecule has 1 aromatic rings. The van der Waals surface area contributed by atoms with E-state index in [-0.39, 0.29) is 30.1 Å². The summed E-state index contributed by atoms with van der Waals surface area (Å²) in [6, 6.07) is 8.11. The Morgan fingerprint density at radius 1 is 1.21 bits per heavy atom. The van der Waals surface area contributed by atoms with Gasteiger partial charge in [-0.15, -0.1) is 24.0 Å². The Hall–Kier alpha value is -1.06. The second-order valence-electron chi connectivity index (χ2n) is 7.11. The monoisotopic (exact) mass is 505 g/mol. The maximum atomic E-state index is 5.91. The van der Waals surface area contributed by atoms with Gasteiger partial charge in [0.15, 0.2) is 5.96 Å². The molecule has 1 saturated heterocycles. The Morgan fingerprint density at radius 3 is 2.61 bits per heavy atom. The number of benzene rings is 1. The van der Waals surface area contributed by atoms with E-state index < -0.39 is 0 Å². The van der Waals surface area contributed by atoms with Crippen LogP contribution in [0.15, 0.2) is 29.3 Å². The van der Waals surface area contributed by atoms with E-state index in [1.165, 1.54) is 5.56 Å². The van der Waals surface area contributed by atoms with E-state index in [1.807, 2.05) is 19.1 Å². The fraction of sp³-hybridized carbons (Fsp3) is 0.667. The summed E-state index contributed by atoms with van der Waals surface area (Å²) in [6.45, 7) is 9.02. The average Bonchev–Trinajstić information content (AvgIpc) is 2.69. The van der Waals surface area contributed by atoms with Crippen molar-refractivity contribution in [1.82, 2.24) is 10.6 Å². The largest absolute Gasteiger partial charge is 0.489 e. The summed E-state index contributed by atoms with van der Waals surface area (Å²) in [5.41, 5.74) is 1.23. The first-order valence-corrected chi connectivity index (χ1v) is 10.0. The van der Waals surface area contributed by atoms with Gasteiger partial charge in [-0.3, -0.25) is 4.99 Å². The lowest BCUT2D eigenvalue weighted by molar-refractivity contribution is 0.0203. The zero-order chi connectivity index (χ0) is 19.3. The third-order valence-corrected chi connectivity index (χ3v) is 4.59. The van der Waals surface area contributed by atoms with Crippen molar-refractivity contribution in [2.24, 2.45) is 10.9 Å². The molecule has 6 nitrogen and oxygen atoms in total. The molecular weight excluding hydrogens is 469 g/mol. The number of aryl methyl sites for hydroxylation is 1. The molecule has 1 aliphatic rings. The topological polar surface area (TPSA) is 64.1 Å². The predicted octanol–water partition coefficient (Wildman–Crippen LogP) is 3.38. The number of guanidine groups is 1. The van der Waals surface area contributed by atoms with Gasteiger partial charge in [-0.05, 0) is 51.2 Å². The molecular formula is C21H36IN3O3. The van der Waals surface area contributed by atoms with Crippen LogP contribution in [0.3, 0.4) is 0 Å². The van der Waals surface area contributed by atoms with Crippen molar-refractivity contribution in [1.29, 1.82) is 0 Å². The highest BCUT2D eigenvalue weighted by molar-refractivity contribution is 14.0. The summed E-state index contributed by atoms with van der Waals surface area (Å²) in [5, 5.41) is 6.62. The maximum absolute atomic E-state index is 5.91. The molecule has 160 valence electrons. The number of nitrogens with one attached hydrogen (secondary N) is 2. The van der Waals surface area contributed by atoms with Crippen molar-refractivity contribution in [2.45, 2.75) is 39.2 Å². The number of nitrogens with zero attached hydrogens (tertiary/aromatic N) is 1. The van der Waals surface area contributed by atoms with Crippen LogP contribution in [-0.2, 0) is 9.47 Å². The van der Waals surface area contributed by atoms with Crippen LogP contribution in [0.5, 0.6) is 5.75 Å². The number of rotatable bonds is 10. The van der Waals surface area contributed by atoms with Crippen molar-refractivity contribution < 1.29 is 14.2 Å². The highest BCUT2D eigenvalue weighted by Crippen LogP contribution is 2.14. The fourth-order valence-electron chi connectivity index (χ4n) is 2.90. The minimum Gasteiger partial charge on any atom is -0.489 e. The second-order valence-corrected chi connectivity index (χ2v) is 7.11. The van der Waals surface area contributed by atoms with Gasteiger partial charge in [-0.2, -0.15) is 0 Å². The smallest absolute Gasteiger partial charge is 0.191 e. The highest BCUT2D eigenvalue weighted by Gasteiger charge is 2.13. The van der Waals surface area contributed by atoms with Crippen LogP contribution in [-0.4, -0.2) is 58.6 Å². The Morgan fingerprint density at radius 2 is 1.93 bits per heavy atom. The normalized spacial score (nSPS) is 16.2. The fourth-order valence-corrected chi connectivity index (χ4v) is 2.90. The Bertz CT molecular complexity index is 548. The Labute approximate surface area is 186 Å². The standard InChI is InChI=1S/C21H35N3O3.HI/c1-17-5-7-20(8-6-17)27-18(2)15-24-21(22-3)23-11-4-12-26-16-19-9-13-25-14-10-19;/h5-8,18-19H,4,9-16H2,1-3H3,(H2,22,23,24);1H. The van der Waals surface area contributed by atoms with Crippen LogP contribution in [0.2, 0.25) is 0 Å². The molecule has 28 heavy (non-hydrogen) atoms. The Kier molecular flexibility index (Phi) is 13.3. The molecule has 0 radical (unpaired) electrons. The van der Waals surface area contributed by atoms with Crippen LogP contribution in [0.4, 0.5) is 0 Å². The molecule has 1 aromatic carbocycles. The molecule has 0 spiro atoms. The van der Waals surface area contributed by atoms with E-state index in [2.05, 4.69) is 34.7 Å². The molecule has 0 bridgehead atoms. The molecule has 0 saturated carbocycles. The van der Waals surface area contributed by atoms with E-state index in [0.717, 1.165) is 63.9 Å². The molecule has 1 fully saturated rings. The Balaban J connectivity index is 0.00000392. The van der Waals surface area contributed by atoms with Crippen molar-refractivity contribution in [3.63, 3.8) is 0 Å². The van der Waals surface area contributed by atoms with Gasteiger partial charge < -0.3 is 24.8 Å². The van der Waals surface area contributed by atoms with Crippen molar-refractivity contribution in [3.05, 3.63) is 29.8 Å². The van der Waals surface area contributed by atoms with Gasteiger partial charge in [-0.25, -0.2) is 0 Å². The number of hydrogen-bond acceptors (Lipinski definition) is 4. The van der Waals surface area contributed by atoms with E-state index in [9.17, 15) is 0 Å². The minimum absolute atomic E-state index is 0. The van der Waals surface area contributed by atoms with E-state index in [1.54, 1.807) is 7.05 Å². The summed E-state index contributed by atoms with van der Waals surface area (Å²) in [5.74, 6) is 2.34. The lowest BCUT2D eigenvalue weighted by Gasteiger charge is -2.21. The van der Waals surface area contributed by atoms with Crippen LogP contribution < -0.4 is 15.4 Å². The molecule has 1 heterocycles. The molecule has 1 unspecified atom stereocenters. The predicted molar refractivity (Wildman–Crippen MR) is 125 cm³/mol. The van der Waals surface area contributed by atoms with Gasteiger partial charge in [0.05, 0.1) is 6.54 Å². The number of halogens is 1. The summed E-state index contributed by atoms with van der Waals surface area (Å²) in [6.07, 6.45) is 3.25. The van der Waals surface area contributed by atoms with Gasteiger partial charge in [-0.1, -0.05) is 17.7 Å². The number of ether oxygens (including phenoxy) is 3. The third-order valence-electron chi connectivity index (χ3n) is 4.59. The first-order valence-electron chi connectivity index (χ1n) is 10.0. The summed E-state index contributed by atoms with van der Waals surface area (Å²) >= 11 is 0. The third kappa shape index (κ3) is 10.5. The van der Waals surface area contributed by atoms with E-state index in [4.69, 9.17) is 14.2 Å². The lowest BCUT2D eigenvalue weighted by atomic mass is 10.0. The quantitative estimate of drug-likeness (QED) is 0.221. The first kappa shape index (κ1) is 25.0. The molecule has 0 aromatic heterocycles. The minimum atomic E-state index is 0. The molecule has 7 heteroatoms. The van der Waals surface area contributed by atoms with Gasteiger partial charge in [0, 0.05) is 40.0 Å². The summed E-state index contributed by atoms with van der Waals surface area (Å²) in [7, 11) is 1.78. The van der Waals surface area contributed by atoms with Crippen LogP contribution in [0.25, 0.3) is 0 Å². The van der Waals surface area contributed by atoms with Gasteiger partial charge in [0.2, 0.25) is 0 Å². The first-order chi connectivity index (χ1) is 13.2. The summed E-state index contributed by atoms with van der Waals surface area (Å²) in [4.78, 5) is 4.25. The van der Waals surface area contributed by atoms with E-state index in [0.29, 0.717) is 12.5 Å². The summed E-state index contributed by atoms with van der Waals surface area (Å²) < 4.78 is 17.1. The lowest BCUT2D eigenvalue weighted by Crippen LogP contribution is -2.42. The van der Waals surface area contributed by atoms with Crippen molar-refractivity contribution in [2.75, 3.05) is 46.6 Å². The van der Waals surface area contributed by atoms with Gasteiger partial charge in [0.25, 0.3) is 0 Å². The zero-order valence-corrected chi connectivity index (χ0v) is 19.7. The number of hydrogen-bond donors (Lipinski definition) is 2. The molecule has 2 rings (SSSR count). The maximum Gasteiger partial charge on any atom is 0.191 e. The zero-order valence-electron chi connectivity index (χ0n) is 17.4. The van der Waals surface area contributed by atoms with Gasteiger partial charge in [0.1, 0.15) is 11.9 Å². The van der Waals surface area contributed by atoms with E-state index >= 15 is 0 Å². The molecule has 1 atom stereocenters. The molecule has 2 N–H and O–H groups in total. The molecule has 0 amide bonds. The van der Waals surface area contributed by atoms with Crippen LogP contribution >= 0.6 is 24.0 Å². The van der Waals surface area contributed by atoms with Gasteiger partial charge >= 0.3 is 0 Å². The van der Waals surface area contributed by atoms with Crippen LogP contribution in [0.1, 0.15) is 31.7 Å². The molecule has 1 aliphatic heterocycles. The molecule has 0 aliphatic carbocycles. The van der Waals surface area contributed by atoms with Crippen molar-refractivity contribution in [3.8, 4) is 5.75 Å². The second kappa shape index (κ2) is 14.9. The van der Waals surface area contributed by atoms with Crippen molar-refractivity contribution >= 4 is 29.9 Å². The SMILES string of the molecule is CN=C(NCCCOCC1CCOCC1)NCC(C)Oc1ccc(C)cc1.I.